The first-order chi connectivity index (χ1) is 7.95. The summed E-state index contributed by atoms with van der Waals surface area (Å²) in [6, 6.07) is 7.32. The third kappa shape index (κ3) is 1.40. The molecule has 16 heavy (non-hydrogen) atoms. The van der Waals surface area contributed by atoms with Crippen molar-refractivity contribution in [3.63, 3.8) is 0 Å². The van der Waals surface area contributed by atoms with Gasteiger partial charge in [0.2, 0.25) is 0 Å². The molecule has 0 atom stereocenters. The maximum Gasteiger partial charge on any atom is 0.154 e. The van der Waals surface area contributed by atoms with Crippen molar-refractivity contribution in [2.24, 2.45) is 0 Å². The fourth-order valence-corrected chi connectivity index (χ4v) is 1.53. The van der Waals surface area contributed by atoms with Crippen LogP contribution in [0.2, 0.25) is 0 Å². The van der Waals surface area contributed by atoms with Gasteiger partial charge in [0.15, 0.2) is 11.2 Å². The monoisotopic (exact) mass is 212 g/mol. The lowest BCUT2D eigenvalue weighted by Gasteiger charge is -1.96. The fourth-order valence-electron chi connectivity index (χ4n) is 1.53. The van der Waals surface area contributed by atoms with Crippen molar-refractivity contribution < 1.29 is 8.83 Å². The van der Waals surface area contributed by atoms with Crippen LogP contribution < -0.4 is 0 Å². The smallest absolute Gasteiger partial charge is 0.154 e. The van der Waals surface area contributed by atoms with Gasteiger partial charge in [0.25, 0.3) is 0 Å². The van der Waals surface area contributed by atoms with E-state index in [1.54, 1.807) is 12.4 Å². The number of fused-ring (bicyclic) bond motifs is 3. The van der Waals surface area contributed by atoms with Crippen molar-refractivity contribution >= 4 is 22.2 Å². The summed E-state index contributed by atoms with van der Waals surface area (Å²) in [5, 5.41) is 0. The van der Waals surface area contributed by atoms with Crippen LogP contribution in [-0.4, -0.2) is 9.97 Å². The summed E-state index contributed by atoms with van der Waals surface area (Å²) in [4.78, 5) is 8.52. The highest BCUT2D eigenvalue weighted by Gasteiger charge is 2.01. The Morgan fingerprint density at radius 1 is 0.750 bits per heavy atom. The zero-order chi connectivity index (χ0) is 10.8. The first kappa shape index (κ1) is 8.91. The molecule has 0 amide bonds. The molecule has 0 aliphatic heterocycles. The Labute approximate surface area is 90.9 Å². The third-order valence-electron chi connectivity index (χ3n) is 2.21. The molecule has 0 aliphatic carbocycles. The van der Waals surface area contributed by atoms with E-state index in [9.17, 15) is 0 Å². The summed E-state index contributed by atoms with van der Waals surface area (Å²) in [6.07, 6.45) is 6.37. The van der Waals surface area contributed by atoms with Crippen LogP contribution in [0.5, 0.6) is 0 Å². The largest absolute Gasteiger partial charge is 0.459 e. The SMILES string of the molecule is c1cnc2c(c1)occoc1cccnc12. The van der Waals surface area contributed by atoms with Crippen LogP contribution in [0.15, 0.2) is 58.0 Å². The van der Waals surface area contributed by atoms with E-state index < -0.39 is 0 Å². The fraction of sp³-hybridized carbons (Fsp3) is 0. The Hall–Kier alpha value is -2.36. The van der Waals surface area contributed by atoms with Gasteiger partial charge in [0.1, 0.15) is 23.6 Å². The van der Waals surface area contributed by atoms with Crippen LogP contribution in [0.3, 0.4) is 0 Å². The lowest BCUT2D eigenvalue weighted by molar-refractivity contribution is 0.542. The summed E-state index contributed by atoms with van der Waals surface area (Å²) in [5.74, 6) is 0. The predicted octanol–water partition coefficient (Wildman–Crippen LogP) is 3.09. The van der Waals surface area contributed by atoms with E-state index >= 15 is 0 Å². The highest BCUT2D eigenvalue weighted by molar-refractivity contribution is 5.95. The Morgan fingerprint density at radius 2 is 1.25 bits per heavy atom. The molecule has 0 aliphatic rings. The van der Waals surface area contributed by atoms with Gasteiger partial charge in [-0.1, -0.05) is 0 Å². The molecule has 0 spiro atoms. The summed E-state index contributed by atoms with van der Waals surface area (Å²) < 4.78 is 10.8. The Kier molecular flexibility index (Phi) is 2.04. The van der Waals surface area contributed by atoms with Gasteiger partial charge in [-0.25, -0.2) is 0 Å². The molecule has 0 aromatic carbocycles. The molecule has 3 rings (SSSR count). The Balaban J connectivity index is 2.63. The summed E-state index contributed by atoms with van der Waals surface area (Å²) in [6.45, 7) is 0. The molecule has 3 aromatic heterocycles. The van der Waals surface area contributed by atoms with E-state index in [1.807, 2.05) is 24.3 Å². The molecular weight excluding hydrogens is 204 g/mol. The van der Waals surface area contributed by atoms with Gasteiger partial charge in [0, 0.05) is 12.4 Å². The maximum absolute atomic E-state index is 5.38. The molecule has 78 valence electrons. The van der Waals surface area contributed by atoms with Crippen molar-refractivity contribution in [2.75, 3.05) is 0 Å². The lowest BCUT2D eigenvalue weighted by atomic mass is 10.3. The second-order valence-electron chi connectivity index (χ2n) is 3.21. The van der Waals surface area contributed by atoms with Crippen molar-refractivity contribution in [3.8, 4) is 0 Å². The van der Waals surface area contributed by atoms with E-state index in [0.29, 0.717) is 22.2 Å². The summed E-state index contributed by atoms with van der Waals surface area (Å²) in [7, 11) is 0. The standard InChI is InChI=1S/C12H8N2O2/c1-3-9-11(13-5-1)12-10(4-2-6-14-12)16-8-7-15-9/h1-8H. The minimum atomic E-state index is 0.669. The summed E-state index contributed by atoms with van der Waals surface area (Å²) >= 11 is 0. The zero-order valence-corrected chi connectivity index (χ0v) is 8.33. The molecule has 4 heteroatoms. The van der Waals surface area contributed by atoms with Crippen molar-refractivity contribution in [1.29, 1.82) is 0 Å². The van der Waals surface area contributed by atoms with E-state index in [0.717, 1.165) is 0 Å². The van der Waals surface area contributed by atoms with Gasteiger partial charge < -0.3 is 8.83 Å². The molecule has 0 fully saturated rings. The van der Waals surface area contributed by atoms with Gasteiger partial charge in [-0.3, -0.25) is 9.97 Å². The number of rotatable bonds is 0. The maximum atomic E-state index is 5.38. The van der Waals surface area contributed by atoms with Gasteiger partial charge in [-0.2, -0.15) is 0 Å². The topological polar surface area (TPSA) is 52.1 Å². The number of nitrogens with zero attached hydrogens (tertiary/aromatic N) is 2. The molecule has 0 N–H and O–H groups in total. The van der Waals surface area contributed by atoms with Gasteiger partial charge in [-0.05, 0) is 24.3 Å². The number of pyridine rings is 2. The molecule has 3 aromatic rings. The minimum absolute atomic E-state index is 0.669. The van der Waals surface area contributed by atoms with Gasteiger partial charge in [0.05, 0.1) is 0 Å². The highest BCUT2D eigenvalue weighted by atomic mass is 16.4. The van der Waals surface area contributed by atoms with Crippen LogP contribution >= 0.6 is 0 Å². The minimum Gasteiger partial charge on any atom is -0.459 e. The molecule has 0 bridgehead atoms. The Bertz CT molecular complexity index is 623. The van der Waals surface area contributed by atoms with Crippen LogP contribution in [0.25, 0.3) is 22.2 Å². The zero-order valence-electron chi connectivity index (χ0n) is 8.33. The number of aromatic nitrogens is 2. The third-order valence-corrected chi connectivity index (χ3v) is 2.21. The highest BCUT2D eigenvalue weighted by Crippen LogP contribution is 2.17. The average molecular weight is 212 g/mol. The van der Waals surface area contributed by atoms with Crippen molar-refractivity contribution in [3.05, 3.63) is 49.2 Å². The van der Waals surface area contributed by atoms with Crippen molar-refractivity contribution in [2.45, 2.75) is 0 Å². The molecule has 0 saturated carbocycles. The molecule has 3 heterocycles. The molecule has 0 radical (unpaired) electrons. The molecule has 4 nitrogen and oxygen atoms in total. The normalized spacial score (nSPS) is 10.5. The van der Waals surface area contributed by atoms with Crippen LogP contribution in [0.1, 0.15) is 0 Å². The average Bonchev–Trinajstić information content (AvgIpc) is 2.33. The summed E-state index contributed by atoms with van der Waals surface area (Å²) in [5.41, 5.74) is 2.70. The number of hydrogen-bond acceptors (Lipinski definition) is 4. The first-order valence-electron chi connectivity index (χ1n) is 4.84. The molecular formula is C12H8N2O2. The molecule has 0 saturated heterocycles. The predicted molar refractivity (Wildman–Crippen MR) is 59.2 cm³/mol. The van der Waals surface area contributed by atoms with Crippen LogP contribution in [0, 0.1) is 0 Å². The number of hydrogen-bond donors (Lipinski definition) is 0. The van der Waals surface area contributed by atoms with E-state index in [4.69, 9.17) is 8.83 Å². The van der Waals surface area contributed by atoms with Crippen LogP contribution in [-0.2, 0) is 0 Å². The van der Waals surface area contributed by atoms with Gasteiger partial charge in [-0.15, -0.1) is 0 Å². The van der Waals surface area contributed by atoms with E-state index in [2.05, 4.69) is 9.97 Å². The first-order valence-corrected chi connectivity index (χ1v) is 4.84. The Morgan fingerprint density at radius 3 is 1.75 bits per heavy atom. The van der Waals surface area contributed by atoms with E-state index in [-0.39, 0.29) is 0 Å². The van der Waals surface area contributed by atoms with Crippen molar-refractivity contribution in [1.82, 2.24) is 9.97 Å². The quantitative estimate of drug-likeness (QED) is 0.574. The lowest BCUT2D eigenvalue weighted by Crippen LogP contribution is -1.81. The second-order valence-corrected chi connectivity index (χ2v) is 3.21. The molecule has 0 unspecified atom stereocenters. The van der Waals surface area contributed by atoms with Crippen LogP contribution in [0.4, 0.5) is 0 Å². The second kappa shape index (κ2) is 3.66. The van der Waals surface area contributed by atoms with Gasteiger partial charge >= 0.3 is 0 Å². The van der Waals surface area contributed by atoms with E-state index in [1.165, 1.54) is 12.5 Å².